The van der Waals surface area contributed by atoms with E-state index >= 15 is 0 Å². The average molecular weight is 234 g/mol. The maximum atomic E-state index is 13.3. The fourth-order valence-corrected chi connectivity index (χ4v) is 1.26. The van der Waals surface area contributed by atoms with Crippen LogP contribution in [0.5, 0.6) is 5.75 Å². The maximum absolute atomic E-state index is 13.3. The highest BCUT2D eigenvalue weighted by Gasteiger charge is 2.06. The van der Waals surface area contributed by atoms with E-state index in [0.717, 1.165) is 17.3 Å². The summed E-state index contributed by atoms with van der Waals surface area (Å²) in [7, 11) is 0. The van der Waals surface area contributed by atoms with Crippen LogP contribution in [0.15, 0.2) is 55.1 Å². The van der Waals surface area contributed by atoms with Crippen LogP contribution in [0.1, 0.15) is 5.56 Å². The number of nitrogen functional groups attached to an aromatic ring is 1. The molecule has 3 nitrogen and oxygen atoms in total. The van der Waals surface area contributed by atoms with Crippen molar-refractivity contribution in [2.75, 3.05) is 5.43 Å². The molecule has 0 aliphatic rings. The largest absolute Gasteiger partial charge is 0.454 e. The Labute approximate surface area is 100 Å². The predicted octanol–water partition coefficient (Wildman–Crippen LogP) is 3.21. The number of nitrogens with two attached hydrogens (primary N) is 1. The molecular formula is C13H15FN2O. The highest BCUT2D eigenvalue weighted by molar-refractivity contribution is 5.50. The van der Waals surface area contributed by atoms with E-state index in [1.807, 2.05) is 6.92 Å². The van der Waals surface area contributed by atoms with Gasteiger partial charge in [-0.3, -0.25) is 5.84 Å². The SMILES string of the molecule is C=C/C(F)=C(\C=C)Oc1ccc(NN)cc1C. The zero-order valence-corrected chi connectivity index (χ0v) is 9.66. The summed E-state index contributed by atoms with van der Waals surface area (Å²) >= 11 is 0. The molecule has 0 aliphatic heterocycles. The molecule has 0 fully saturated rings. The van der Waals surface area contributed by atoms with Gasteiger partial charge in [0.25, 0.3) is 0 Å². The zero-order valence-electron chi connectivity index (χ0n) is 9.66. The Hall–Kier alpha value is -2.07. The summed E-state index contributed by atoms with van der Waals surface area (Å²) in [5.74, 6) is 5.30. The highest BCUT2D eigenvalue weighted by atomic mass is 19.1. The van der Waals surface area contributed by atoms with Gasteiger partial charge < -0.3 is 10.2 Å². The third kappa shape index (κ3) is 3.19. The van der Waals surface area contributed by atoms with Gasteiger partial charge in [0.2, 0.25) is 0 Å². The number of rotatable bonds is 5. The van der Waals surface area contributed by atoms with Crippen LogP contribution in [0.4, 0.5) is 10.1 Å². The molecule has 0 aliphatic carbocycles. The molecule has 0 heterocycles. The Bertz CT molecular complexity index is 466. The molecule has 0 atom stereocenters. The molecule has 0 unspecified atom stereocenters. The first kappa shape index (κ1) is 13.0. The van der Waals surface area contributed by atoms with Crippen molar-refractivity contribution in [3.63, 3.8) is 0 Å². The molecule has 90 valence electrons. The quantitative estimate of drug-likeness (QED) is 0.356. The normalized spacial score (nSPS) is 11.5. The monoisotopic (exact) mass is 234 g/mol. The van der Waals surface area contributed by atoms with Crippen LogP contribution < -0.4 is 16.0 Å². The molecule has 0 saturated carbocycles. The third-order valence-corrected chi connectivity index (χ3v) is 2.16. The Balaban J connectivity index is 3.03. The summed E-state index contributed by atoms with van der Waals surface area (Å²) in [4.78, 5) is 0. The highest BCUT2D eigenvalue weighted by Crippen LogP contribution is 2.24. The Kier molecular flexibility index (Phi) is 4.48. The molecule has 17 heavy (non-hydrogen) atoms. The number of nitrogens with one attached hydrogen (secondary N) is 1. The van der Waals surface area contributed by atoms with Crippen molar-refractivity contribution in [1.82, 2.24) is 0 Å². The van der Waals surface area contributed by atoms with Crippen LogP contribution in [0.3, 0.4) is 0 Å². The molecule has 0 saturated heterocycles. The zero-order chi connectivity index (χ0) is 12.8. The number of hydrogen-bond acceptors (Lipinski definition) is 3. The van der Waals surface area contributed by atoms with Crippen LogP contribution in [-0.4, -0.2) is 0 Å². The molecule has 0 spiro atoms. The second-order valence-electron chi connectivity index (χ2n) is 3.35. The van der Waals surface area contributed by atoms with Crippen LogP contribution >= 0.6 is 0 Å². The number of halogens is 1. The van der Waals surface area contributed by atoms with Gasteiger partial charge in [-0.1, -0.05) is 13.2 Å². The smallest absolute Gasteiger partial charge is 0.165 e. The van der Waals surface area contributed by atoms with Crippen LogP contribution in [0.25, 0.3) is 0 Å². The van der Waals surface area contributed by atoms with Crippen LogP contribution in [0, 0.1) is 6.92 Å². The van der Waals surface area contributed by atoms with Crippen molar-refractivity contribution in [3.8, 4) is 5.75 Å². The molecule has 1 aromatic carbocycles. The average Bonchev–Trinajstić information content (AvgIpc) is 2.36. The predicted molar refractivity (Wildman–Crippen MR) is 68.1 cm³/mol. The van der Waals surface area contributed by atoms with Crippen molar-refractivity contribution < 1.29 is 9.13 Å². The molecule has 1 aromatic rings. The summed E-state index contributed by atoms with van der Waals surface area (Å²) in [5.41, 5.74) is 4.10. The minimum atomic E-state index is -0.555. The number of ether oxygens (including phenoxy) is 1. The topological polar surface area (TPSA) is 47.3 Å². The molecule has 0 amide bonds. The first-order valence-electron chi connectivity index (χ1n) is 5.02. The molecule has 0 aromatic heterocycles. The molecule has 0 radical (unpaired) electrons. The number of benzene rings is 1. The molecule has 0 bridgehead atoms. The van der Waals surface area contributed by atoms with Crippen LogP contribution in [-0.2, 0) is 0 Å². The number of hydrazine groups is 1. The van der Waals surface area contributed by atoms with Gasteiger partial charge in [0, 0.05) is 5.69 Å². The lowest BCUT2D eigenvalue weighted by atomic mass is 10.2. The Morgan fingerprint density at radius 3 is 2.59 bits per heavy atom. The second-order valence-corrected chi connectivity index (χ2v) is 3.35. The summed E-state index contributed by atoms with van der Waals surface area (Å²) in [6, 6.07) is 5.22. The summed E-state index contributed by atoms with van der Waals surface area (Å²) in [5, 5.41) is 0. The summed E-state index contributed by atoms with van der Waals surface area (Å²) < 4.78 is 18.7. The van der Waals surface area contributed by atoms with Gasteiger partial charge >= 0.3 is 0 Å². The van der Waals surface area contributed by atoms with Crippen molar-refractivity contribution in [2.24, 2.45) is 5.84 Å². The molecular weight excluding hydrogens is 219 g/mol. The van der Waals surface area contributed by atoms with E-state index in [0.29, 0.717) is 5.75 Å². The van der Waals surface area contributed by atoms with E-state index in [1.54, 1.807) is 18.2 Å². The molecule has 1 rings (SSSR count). The van der Waals surface area contributed by atoms with E-state index in [1.165, 1.54) is 6.08 Å². The van der Waals surface area contributed by atoms with Crippen molar-refractivity contribution >= 4 is 5.69 Å². The third-order valence-electron chi connectivity index (χ3n) is 2.16. The van der Waals surface area contributed by atoms with Gasteiger partial charge in [-0.2, -0.15) is 0 Å². The van der Waals surface area contributed by atoms with E-state index < -0.39 is 5.83 Å². The summed E-state index contributed by atoms with van der Waals surface area (Å²) in [6.45, 7) is 8.66. The fourth-order valence-electron chi connectivity index (χ4n) is 1.26. The maximum Gasteiger partial charge on any atom is 0.165 e. The lowest BCUT2D eigenvalue weighted by molar-refractivity contribution is 0.417. The van der Waals surface area contributed by atoms with E-state index in [9.17, 15) is 4.39 Å². The first-order valence-corrected chi connectivity index (χ1v) is 5.02. The van der Waals surface area contributed by atoms with Gasteiger partial charge in [-0.15, -0.1) is 0 Å². The lowest BCUT2D eigenvalue weighted by Gasteiger charge is -2.10. The van der Waals surface area contributed by atoms with Crippen molar-refractivity contribution in [2.45, 2.75) is 6.92 Å². The van der Waals surface area contributed by atoms with E-state index in [4.69, 9.17) is 10.6 Å². The fraction of sp³-hybridized carbons (Fsp3) is 0.0769. The number of allylic oxidation sites excluding steroid dienone is 3. The van der Waals surface area contributed by atoms with E-state index in [2.05, 4.69) is 18.6 Å². The van der Waals surface area contributed by atoms with Crippen molar-refractivity contribution in [1.29, 1.82) is 0 Å². The van der Waals surface area contributed by atoms with Gasteiger partial charge in [-0.25, -0.2) is 4.39 Å². The number of anilines is 1. The van der Waals surface area contributed by atoms with Gasteiger partial charge in [0.15, 0.2) is 11.6 Å². The van der Waals surface area contributed by atoms with Gasteiger partial charge in [-0.05, 0) is 42.8 Å². The standard InChI is InChI=1S/C13H15FN2O/c1-4-11(14)12(5-2)17-13-7-6-10(16-15)8-9(13)3/h4-8,16H,1-2,15H2,3H3/b12-11-. The van der Waals surface area contributed by atoms with Crippen LogP contribution in [0.2, 0.25) is 0 Å². The number of hydrogen-bond donors (Lipinski definition) is 2. The number of aryl methyl sites for hydroxylation is 1. The Morgan fingerprint density at radius 2 is 2.12 bits per heavy atom. The molecule has 3 N–H and O–H groups in total. The van der Waals surface area contributed by atoms with Gasteiger partial charge in [0.05, 0.1) is 0 Å². The lowest BCUT2D eigenvalue weighted by Crippen LogP contribution is -2.07. The van der Waals surface area contributed by atoms with E-state index in [-0.39, 0.29) is 5.76 Å². The minimum absolute atomic E-state index is 0.0385. The second kappa shape index (κ2) is 5.86. The van der Waals surface area contributed by atoms with Gasteiger partial charge in [0.1, 0.15) is 5.75 Å². The Morgan fingerprint density at radius 1 is 1.41 bits per heavy atom. The summed E-state index contributed by atoms with van der Waals surface area (Å²) in [6.07, 6.45) is 2.37. The molecule has 4 heteroatoms. The first-order chi connectivity index (χ1) is 8.12. The minimum Gasteiger partial charge on any atom is -0.454 e. The van der Waals surface area contributed by atoms with Crippen molar-refractivity contribution in [3.05, 3.63) is 60.7 Å².